The molecule has 0 saturated carbocycles. The summed E-state index contributed by atoms with van der Waals surface area (Å²) in [6, 6.07) is 12.5. The van der Waals surface area contributed by atoms with Crippen LogP contribution in [0.2, 0.25) is 0 Å². The van der Waals surface area contributed by atoms with Gasteiger partial charge in [-0.15, -0.1) is 0 Å². The molecule has 0 bridgehead atoms. The van der Waals surface area contributed by atoms with E-state index in [4.69, 9.17) is 0 Å². The number of nitrogens with zero attached hydrogens (tertiary/aromatic N) is 2. The molecular formula is C12H11N3O. The second-order valence-electron chi connectivity index (χ2n) is 3.14. The van der Waals surface area contributed by atoms with Crippen molar-refractivity contribution in [3.8, 4) is 5.75 Å². The standard InChI is InChI=1S/C12H11N3O/c16-11-6-2-1-5-10(11)9-14-15-12-7-3-4-8-13-12/h1-9,16H,(H,13,15)/b14-9-. The molecule has 0 atom stereocenters. The van der Waals surface area contributed by atoms with Crippen LogP contribution in [-0.4, -0.2) is 16.3 Å². The maximum absolute atomic E-state index is 9.47. The van der Waals surface area contributed by atoms with E-state index in [0.29, 0.717) is 11.4 Å². The molecule has 1 aromatic carbocycles. The average molecular weight is 213 g/mol. The lowest BCUT2D eigenvalue weighted by Crippen LogP contribution is -1.92. The molecule has 0 fully saturated rings. The highest BCUT2D eigenvalue weighted by atomic mass is 16.3. The zero-order chi connectivity index (χ0) is 11.2. The van der Waals surface area contributed by atoms with Crippen LogP contribution in [-0.2, 0) is 0 Å². The van der Waals surface area contributed by atoms with Crippen molar-refractivity contribution in [1.29, 1.82) is 0 Å². The van der Waals surface area contributed by atoms with Crippen LogP contribution in [0.15, 0.2) is 53.8 Å². The number of hydrogen-bond donors (Lipinski definition) is 2. The van der Waals surface area contributed by atoms with Gasteiger partial charge in [0.05, 0.1) is 6.21 Å². The van der Waals surface area contributed by atoms with E-state index in [1.165, 1.54) is 0 Å². The van der Waals surface area contributed by atoms with Crippen LogP contribution >= 0.6 is 0 Å². The summed E-state index contributed by atoms with van der Waals surface area (Å²) < 4.78 is 0. The fourth-order valence-corrected chi connectivity index (χ4v) is 1.19. The van der Waals surface area contributed by atoms with Crippen LogP contribution in [0.1, 0.15) is 5.56 Å². The first-order chi connectivity index (χ1) is 7.86. The quantitative estimate of drug-likeness (QED) is 0.607. The average Bonchev–Trinajstić information content (AvgIpc) is 2.33. The number of nitrogens with one attached hydrogen (secondary N) is 1. The third-order valence-electron chi connectivity index (χ3n) is 1.98. The fraction of sp³-hybridized carbons (Fsp3) is 0. The smallest absolute Gasteiger partial charge is 0.146 e. The van der Waals surface area contributed by atoms with E-state index >= 15 is 0 Å². The van der Waals surface area contributed by atoms with Crippen molar-refractivity contribution in [2.45, 2.75) is 0 Å². The number of phenolic OH excluding ortho intramolecular Hbond substituents is 1. The maximum Gasteiger partial charge on any atom is 0.146 e. The van der Waals surface area contributed by atoms with Gasteiger partial charge in [-0.05, 0) is 24.3 Å². The minimum absolute atomic E-state index is 0.203. The molecule has 1 heterocycles. The molecule has 1 aromatic heterocycles. The van der Waals surface area contributed by atoms with Gasteiger partial charge in [0.15, 0.2) is 0 Å². The second kappa shape index (κ2) is 4.93. The summed E-state index contributed by atoms with van der Waals surface area (Å²) in [5.74, 6) is 0.864. The normalized spacial score (nSPS) is 10.5. The number of benzene rings is 1. The van der Waals surface area contributed by atoms with Crippen LogP contribution in [0.5, 0.6) is 5.75 Å². The minimum atomic E-state index is 0.203. The third-order valence-corrected chi connectivity index (χ3v) is 1.98. The topological polar surface area (TPSA) is 57.5 Å². The zero-order valence-electron chi connectivity index (χ0n) is 8.54. The molecule has 0 spiro atoms. The molecule has 2 aromatic rings. The highest BCUT2D eigenvalue weighted by molar-refractivity contribution is 5.83. The van der Waals surface area contributed by atoms with Gasteiger partial charge < -0.3 is 5.11 Å². The summed E-state index contributed by atoms with van der Waals surface area (Å²) in [6.07, 6.45) is 3.22. The third kappa shape index (κ3) is 2.57. The number of hydrazone groups is 1. The highest BCUT2D eigenvalue weighted by Gasteiger charge is 1.94. The first-order valence-electron chi connectivity index (χ1n) is 4.84. The Bertz CT molecular complexity index is 483. The lowest BCUT2D eigenvalue weighted by molar-refractivity contribution is 0.474. The van der Waals surface area contributed by atoms with Crippen molar-refractivity contribution in [3.63, 3.8) is 0 Å². The molecule has 0 aliphatic rings. The van der Waals surface area contributed by atoms with Crippen LogP contribution in [0.3, 0.4) is 0 Å². The first-order valence-corrected chi connectivity index (χ1v) is 4.84. The molecule has 0 unspecified atom stereocenters. The summed E-state index contributed by atoms with van der Waals surface area (Å²) in [5.41, 5.74) is 3.43. The number of aromatic hydroxyl groups is 1. The number of hydrogen-bond acceptors (Lipinski definition) is 4. The van der Waals surface area contributed by atoms with Crippen LogP contribution in [0.25, 0.3) is 0 Å². The van der Waals surface area contributed by atoms with E-state index in [2.05, 4.69) is 15.5 Å². The molecule has 4 heteroatoms. The van der Waals surface area contributed by atoms with E-state index in [-0.39, 0.29) is 5.75 Å². The molecule has 0 aliphatic heterocycles. The Morgan fingerprint density at radius 3 is 2.69 bits per heavy atom. The number of phenols is 1. The van der Waals surface area contributed by atoms with E-state index in [0.717, 1.165) is 0 Å². The maximum atomic E-state index is 9.47. The summed E-state index contributed by atoms with van der Waals surface area (Å²) in [6.45, 7) is 0. The molecule has 0 amide bonds. The van der Waals surface area contributed by atoms with Gasteiger partial charge in [-0.2, -0.15) is 5.10 Å². The van der Waals surface area contributed by atoms with Crippen molar-refractivity contribution >= 4 is 12.0 Å². The van der Waals surface area contributed by atoms with E-state index in [9.17, 15) is 5.11 Å². The highest BCUT2D eigenvalue weighted by Crippen LogP contribution is 2.12. The molecule has 4 nitrogen and oxygen atoms in total. The van der Waals surface area contributed by atoms with Crippen molar-refractivity contribution in [2.24, 2.45) is 5.10 Å². The SMILES string of the molecule is Oc1ccccc1/C=N\Nc1ccccn1. The van der Waals surface area contributed by atoms with Gasteiger partial charge in [0, 0.05) is 11.8 Å². The lowest BCUT2D eigenvalue weighted by Gasteiger charge is -1.98. The largest absolute Gasteiger partial charge is 0.507 e. The first kappa shape index (κ1) is 10.2. The summed E-state index contributed by atoms with van der Waals surface area (Å²) in [4.78, 5) is 4.04. The summed E-state index contributed by atoms with van der Waals surface area (Å²) in [5, 5.41) is 13.4. The number of aromatic nitrogens is 1. The van der Waals surface area contributed by atoms with Gasteiger partial charge in [-0.1, -0.05) is 18.2 Å². The van der Waals surface area contributed by atoms with Crippen LogP contribution in [0.4, 0.5) is 5.82 Å². The Morgan fingerprint density at radius 1 is 1.12 bits per heavy atom. The Balaban J connectivity index is 2.03. The molecule has 2 rings (SSSR count). The van der Waals surface area contributed by atoms with Gasteiger partial charge in [-0.25, -0.2) is 4.98 Å². The monoisotopic (exact) mass is 213 g/mol. The summed E-state index contributed by atoms with van der Waals surface area (Å²) in [7, 11) is 0. The summed E-state index contributed by atoms with van der Waals surface area (Å²) >= 11 is 0. The zero-order valence-corrected chi connectivity index (χ0v) is 8.54. The molecule has 0 radical (unpaired) electrons. The van der Waals surface area contributed by atoms with Crippen molar-refractivity contribution in [2.75, 3.05) is 5.43 Å². The second-order valence-corrected chi connectivity index (χ2v) is 3.14. The number of pyridine rings is 1. The molecule has 0 aliphatic carbocycles. The molecular weight excluding hydrogens is 202 g/mol. The molecule has 80 valence electrons. The van der Waals surface area contributed by atoms with Gasteiger partial charge >= 0.3 is 0 Å². The van der Waals surface area contributed by atoms with E-state index < -0.39 is 0 Å². The predicted molar refractivity (Wildman–Crippen MR) is 63.6 cm³/mol. The molecule has 16 heavy (non-hydrogen) atoms. The van der Waals surface area contributed by atoms with Crippen molar-refractivity contribution < 1.29 is 5.11 Å². The van der Waals surface area contributed by atoms with Crippen LogP contribution in [0, 0.1) is 0 Å². The Kier molecular flexibility index (Phi) is 3.13. The Morgan fingerprint density at radius 2 is 1.94 bits per heavy atom. The van der Waals surface area contributed by atoms with E-state index in [1.807, 2.05) is 24.3 Å². The lowest BCUT2D eigenvalue weighted by atomic mass is 10.2. The predicted octanol–water partition coefficient (Wildman–Crippen LogP) is 2.23. The number of anilines is 1. The van der Waals surface area contributed by atoms with E-state index in [1.54, 1.807) is 30.6 Å². The fourth-order valence-electron chi connectivity index (χ4n) is 1.19. The Hall–Kier alpha value is -2.36. The van der Waals surface area contributed by atoms with Crippen molar-refractivity contribution in [1.82, 2.24) is 4.98 Å². The number of rotatable bonds is 3. The van der Waals surface area contributed by atoms with Crippen LogP contribution < -0.4 is 5.43 Å². The van der Waals surface area contributed by atoms with Gasteiger partial charge in [-0.3, -0.25) is 5.43 Å². The molecule has 2 N–H and O–H groups in total. The van der Waals surface area contributed by atoms with Gasteiger partial charge in [0.2, 0.25) is 0 Å². The van der Waals surface area contributed by atoms with Crippen molar-refractivity contribution in [3.05, 3.63) is 54.2 Å². The van der Waals surface area contributed by atoms with Gasteiger partial charge in [0.25, 0.3) is 0 Å². The Labute approximate surface area is 93.3 Å². The number of para-hydroxylation sites is 1. The van der Waals surface area contributed by atoms with Gasteiger partial charge in [0.1, 0.15) is 11.6 Å². The minimum Gasteiger partial charge on any atom is -0.507 e. The molecule has 0 saturated heterocycles.